The number of hydrogen-bond donors (Lipinski definition) is 1. The Bertz CT molecular complexity index is 1500. The minimum Gasteiger partial charge on any atom is -0.507 e. The molecular weight excluding hydrogens is 474 g/mol. The van der Waals surface area contributed by atoms with E-state index in [2.05, 4.69) is 31.8 Å². The second-order valence-electron chi connectivity index (χ2n) is 9.61. The number of aliphatic hydroxyl groups excluding tert-OH is 1. The molecular formula is C28H25N3O4S. The van der Waals surface area contributed by atoms with Crippen molar-refractivity contribution in [3.8, 4) is 5.75 Å². The van der Waals surface area contributed by atoms with E-state index in [4.69, 9.17) is 9.72 Å². The molecule has 0 bridgehead atoms. The predicted molar refractivity (Wildman–Crippen MR) is 140 cm³/mol. The number of rotatable bonds is 4. The van der Waals surface area contributed by atoms with E-state index in [9.17, 15) is 14.7 Å². The third-order valence-electron chi connectivity index (χ3n) is 6.26. The van der Waals surface area contributed by atoms with Crippen molar-refractivity contribution in [2.45, 2.75) is 32.2 Å². The van der Waals surface area contributed by atoms with Crippen LogP contribution in [0, 0.1) is 0 Å². The predicted octanol–water partition coefficient (Wildman–Crippen LogP) is 5.62. The Hall–Kier alpha value is -4.04. The number of anilines is 1. The molecule has 3 heterocycles. The normalized spacial score (nSPS) is 17.7. The number of Topliss-reactive ketones (excluding diaryl/α,β-unsaturated/α-hetero) is 1. The second kappa shape index (κ2) is 8.87. The molecule has 1 amide bonds. The number of fused-ring (bicyclic) bond motifs is 1. The molecule has 36 heavy (non-hydrogen) atoms. The van der Waals surface area contributed by atoms with Crippen LogP contribution in [0.5, 0.6) is 5.75 Å². The molecule has 2 aromatic carbocycles. The number of carbonyl (C=O) groups is 2. The molecule has 1 N–H and O–H groups in total. The molecule has 4 aromatic rings. The molecule has 0 spiro atoms. The summed E-state index contributed by atoms with van der Waals surface area (Å²) < 4.78 is 6.11. The summed E-state index contributed by atoms with van der Waals surface area (Å²) in [7, 11) is 1.55. The van der Waals surface area contributed by atoms with Crippen molar-refractivity contribution in [3.05, 3.63) is 89.3 Å². The molecule has 0 radical (unpaired) electrons. The van der Waals surface area contributed by atoms with Gasteiger partial charge in [0.05, 0.1) is 28.9 Å². The number of ketones is 1. The Kier molecular flexibility index (Phi) is 5.84. The van der Waals surface area contributed by atoms with E-state index in [1.165, 1.54) is 16.2 Å². The monoisotopic (exact) mass is 499 g/mol. The van der Waals surface area contributed by atoms with Crippen LogP contribution in [0.15, 0.2) is 72.6 Å². The van der Waals surface area contributed by atoms with Crippen LogP contribution in [-0.4, -0.2) is 33.9 Å². The molecule has 182 valence electrons. The van der Waals surface area contributed by atoms with Crippen LogP contribution in [0.2, 0.25) is 0 Å². The minimum absolute atomic E-state index is 0.00666. The summed E-state index contributed by atoms with van der Waals surface area (Å²) in [6, 6.07) is 15.3. The molecule has 1 aliphatic heterocycles. The van der Waals surface area contributed by atoms with Crippen molar-refractivity contribution in [1.29, 1.82) is 0 Å². The zero-order valence-corrected chi connectivity index (χ0v) is 21.2. The molecule has 0 saturated carbocycles. The Balaban J connectivity index is 1.68. The quantitative estimate of drug-likeness (QED) is 0.222. The van der Waals surface area contributed by atoms with E-state index >= 15 is 0 Å². The summed E-state index contributed by atoms with van der Waals surface area (Å²) in [6.45, 7) is 6.41. The Morgan fingerprint density at radius 1 is 1.08 bits per heavy atom. The molecule has 5 rings (SSSR count). The Morgan fingerprint density at radius 2 is 1.83 bits per heavy atom. The van der Waals surface area contributed by atoms with E-state index in [0.717, 1.165) is 15.8 Å². The van der Waals surface area contributed by atoms with E-state index in [0.29, 0.717) is 22.0 Å². The first-order valence-electron chi connectivity index (χ1n) is 11.5. The topological polar surface area (TPSA) is 92.6 Å². The number of pyridine rings is 1. The molecule has 0 aliphatic carbocycles. The highest BCUT2D eigenvalue weighted by Gasteiger charge is 2.48. The summed E-state index contributed by atoms with van der Waals surface area (Å²) in [5, 5.41) is 11.6. The van der Waals surface area contributed by atoms with Gasteiger partial charge in [-0.05, 0) is 59.0 Å². The lowest BCUT2D eigenvalue weighted by Crippen LogP contribution is -2.29. The van der Waals surface area contributed by atoms with Crippen LogP contribution >= 0.6 is 11.3 Å². The van der Waals surface area contributed by atoms with Gasteiger partial charge in [-0.15, -0.1) is 0 Å². The molecule has 1 unspecified atom stereocenters. The summed E-state index contributed by atoms with van der Waals surface area (Å²) in [4.78, 5) is 37.0. The van der Waals surface area contributed by atoms with E-state index in [-0.39, 0.29) is 16.7 Å². The van der Waals surface area contributed by atoms with Crippen LogP contribution in [0.25, 0.3) is 16.0 Å². The number of hydrogen-bond acceptors (Lipinski definition) is 7. The number of carbonyl (C=O) groups excluding carboxylic acids is 2. The number of aromatic nitrogens is 2. The maximum absolute atomic E-state index is 13.4. The zero-order chi connectivity index (χ0) is 25.6. The van der Waals surface area contributed by atoms with Gasteiger partial charge in [-0.25, -0.2) is 4.98 Å². The molecule has 7 nitrogen and oxygen atoms in total. The molecule has 2 aromatic heterocycles. The van der Waals surface area contributed by atoms with Crippen molar-refractivity contribution in [2.24, 2.45) is 0 Å². The summed E-state index contributed by atoms with van der Waals surface area (Å²) in [6.07, 6.45) is 3.21. The largest absolute Gasteiger partial charge is 0.507 e. The highest BCUT2D eigenvalue weighted by atomic mass is 32.1. The average Bonchev–Trinajstić information content (AvgIpc) is 3.41. The van der Waals surface area contributed by atoms with Gasteiger partial charge in [0, 0.05) is 18.0 Å². The van der Waals surface area contributed by atoms with E-state index in [1.54, 1.807) is 55.9 Å². The van der Waals surface area contributed by atoms with Gasteiger partial charge in [0.2, 0.25) is 0 Å². The van der Waals surface area contributed by atoms with Crippen molar-refractivity contribution in [2.75, 3.05) is 12.0 Å². The number of nitrogens with zero attached hydrogens (tertiary/aromatic N) is 3. The van der Waals surface area contributed by atoms with Gasteiger partial charge in [0.1, 0.15) is 11.5 Å². The fourth-order valence-corrected chi connectivity index (χ4v) is 5.30. The van der Waals surface area contributed by atoms with Crippen LogP contribution < -0.4 is 9.64 Å². The lowest BCUT2D eigenvalue weighted by Gasteiger charge is -2.22. The van der Waals surface area contributed by atoms with Gasteiger partial charge in [-0.2, -0.15) is 0 Å². The minimum atomic E-state index is -0.872. The highest BCUT2D eigenvalue weighted by Crippen LogP contribution is 2.44. The lowest BCUT2D eigenvalue weighted by molar-refractivity contribution is -0.132. The highest BCUT2D eigenvalue weighted by molar-refractivity contribution is 7.22. The number of methoxy groups -OCH3 is 1. The number of thiazole rings is 1. The van der Waals surface area contributed by atoms with Gasteiger partial charge < -0.3 is 9.84 Å². The van der Waals surface area contributed by atoms with Crippen LogP contribution in [-0.2, 0) is 15.0 Å². The average molecular weight is 500 g/mol. The lowest BCUT2D eigenvalue weighted by atomic mass is 9.87. The SMILES string of the molecule is COc1ccc(/C(O)=C2\C(=O)C(=O)N(c3nc4ccc(C(C)(C)C)cc4s3)C2c2cccnc2)cc1. The van der Waals surface area contributed by atoms with Gasteiger partial charge in [-0.3, -0.25) is 19.5 Å². The zero-order valence-electron chi connectivity index (χ0n) is 20.4. The molecule has 1 saturated heterocycles. The summed E-state index contributed by atoms with van der Waals surface area (Å²) in [5.41, 5.74) is 2.84. The molecule has 8 heteroatoms. The van der Waals surface area contributed by atoms with Crippen molar-refractivity contribution < 1.29 is 19.4 Å². The molecule has 1 atom stereocenters. The fraction of sp³-hybridized carbons (Fsp3) is 0.214. The van der Waals surface area contributed by atoms with Gasteiger partial charge in [0.15, 0.2) is 5.13 Å². The van der Waals surface area contributed by atoms with Crippen molar-refractivity contribution >= 4 is 44.1 Å². The Morgan fingerprint density at radius 3 is 2.47 bits per heavy atom. The number of ether oxygens (including phenoxy) is 1. The first-order valence-corrected chi connectivity index (χ1v) is 12.3. The maximum atomic E-state index is 13.4. The molecule has 1 aliphatic rings. The number of aliphatic hydroxyl groups is 1. The summed E-state index contributed by atoms with van der Waals surface area (Å²) >= 11 is 1.34. The van der Waals surface area contributed by atoms with Crippen LogP contribution in [0.4, 0.5) is 5.13 Å². The molecule has 1 fully saturated rings. The maximum Gasteiger partial charge on any atom is 0.301 e. The van der Waals surface area contributed by atoms with Crippen molar-refractivity contribution in [3.63, 3.8) is 0 Å². The van der Waals surface area contributed by atoms with Crippen LogP contribution in [0.1, 0.15) is 43.5 Å². The van der Waals surface area contributed by atoms with Gasteiger partial charge in [0.25, 0.3) is 5.78 Å². The first kappa shape index (κ1) is 23.7. The van der Waals surface area contributed by atoms with E-state index < -0.39 is 17.7 Å². The van der Waals surface area contributed by atoms with Crippen molar-refractivity contribution in [1.82, 2.24) is 9.97 Å². The first-order chi connectivity index (χ1) is 17.2. The fourth-order valence-electron chi connectivity index (χ4n) is 4.27. The third kappa shape index (κ3) is 4.03. The Labute approximate surface area is 212 Å². The number of amides is 1. The van der Waals surface area contributed by atoms with Gasteiger partial charge in [-0.1, -0.05) is 44.2 Å². The third-order valence-corrected chi connectivity index (χ3v) is 7.27. The summed E-state index contributed by atoms with van der Waals surface area (Å²) in [5.74, 6) is -1.16. The number of benzene rings is 2. The standard InChI is InChI=1S/C28H25N3O4S/c1-28(2,3)18-9-12-20-21(14-18)36-27(30-20)31-23(17-6-5-13-29-15-17)22(25(33)26(31)34)24(32)16-7-10-19(35-4)11-8-16/h5-15,23,32H,1-4H3/b24-22+. The van der Waals surface area contributed by atoms with Crippen LogP contribution in [0.3, 0.4) is 0 Å². The second-order valence-corrected chi connectivity index (χ2v) is 10.6. The van der Waals surface area contributed by atoms with Gasteiger partial charge >= 0.3 is 5.91 Å². The van der Waals surface area contributed by atoms with E-state index in [1.807, 2.05) is 12.1 Å². The smallest absolute Gasteiger partial charge is 0.301 e.